The van der Waals surface area contributed by atoms with Gasteiger partial charge in [-0.3, -0.25) is 0 Å². The highest BCUT2D eigenvalue weighted by atomic mass is 35.5. The van der Waals surface area contributed by atoms with Gasteiger partial charge in [0.05, 0.1) is 17.6 Å². The smallest absolute Gasteiger partial charge is 0.229 e. The lowest BCUT2D eigenvalue weighted by Gasteiger charge is -2.16. The first-order valence-electron chi connectivity index (χ1n) is 8.12. The second-order valence-corrected chi connectivity index (χ2v) is 9.85. The highest BCUT2D eigenvalue weighted by molar-refractivity contribution is 7.70. The van der Waals surface area contributed by atoms with E-state index in [9.17, 15) is 13.9 Å². The second kappa shape index (κ2) is 8.04. The SMILES string of the molecule is CP(C)(=O)c1ccccc1Nc1nc(Nc2cc(N=O)ccc2F)ncc1Cl. The van der Waals surface area contributed by atoms with Crippen LogP contribution in [0.3, 0.4) is 0 Å². The van der Waals surface area contributed by atoms with Gasteiger partial charge in [0.1, 0.15) is 23.7 Å². The highest BCUT2D eigenvalue weighted by Gasteiger charge is 2.17. The van der Waals surface area contributed by atoms with E-state index >= 15 is 0 Å². The summed E-state index contributed by atoms with van der Waals surface area (Å²) in [5.74, 6) is -0.281. The molecule has 0 fully saturated rings. The molecule has 0 aliphatic carbocycles. The zero-order chi connectivity index (χ0) is 20.3. The van der Waals surface area contributed by atoms with Crippen molar-refractivity contribution in [3.63, 3.8) is 0 Å². The van der Waals surface area contributed by atoms with Gasteiger partial charge < -0.3 is 15.2 Å². The number of nitrogens with one attached hydrogen (secondary N) is 2. The van der Waals surface area contributed by atoms with Crippen LogP contribution in [0, 0.1) is 10.7 Å². The summed E-state index contributed by atoms with van der Waals surface area (Å²) >= 11 is 6.18. The Morgan fingerprint density at radius 2 is 1.86 bits per heavy atom. The molecule has 2 aromatic carbocycles. The summed E-state index contributed by atoms with van der Waals surface area (Å²) in [4.78, 5) is 18.9. The van der Waals surface area contributed by atoms with Gasteiger partial charge in [0.25, 0.3) is 0 Å². The molecule has 3 rings (SSSR count). The van der Waals surface area contributed by atoms with E-state index in [4.69, 9.17) is 11.6 Å². The minimum atomic E-state index is -2.54. The van der Waals surface area contributed by atoms with Gasteiger partial charge in [-0.25, -0.2) is 9.37 Å². The van der Waals surface area contributed by atoms with Crippen molar-refractivity contribution in [1.82, 2.24) is 9.97 Å². The van der Waals surface area contributed by atoms with Gasteiger partial charge in [-0.2, -0.15) is 4.98 Å². The van der Waals surface area contributed by atoms with Crippen LogP contribution in [0.15, 0.2) is 53.8 Å². The van der Waals surface area contributed by atoms with E-state index in [1.165, 1.54) is 18.3 Å². The van der Waals surface area contributed by atoms with E-state index in [2.05, 4.69) is 25.8 Å². The summed E-state index contributed by atoms with van der Waals surface area (Å²) in [6.45, 7) is 3.33. The fraction of sp³-hybridized carbons (Fsp3) is 0.111. The summed E-state index contributed by atoms with van der Waals surface area (Å²) in [6.07, 6.45) is 1.35. The fourth-order valence-corrected chi connectivity index (χ4v) is 3.77. The van der Waals surface area contributed by atoms with Crippen molar-refractivity contribution in [2.75, 3.05) is 24.0 Å². The number of rotatable bonds is 6. The Kier molecular flexibility index (Phi) is 5.72. The monoisotopic (exact) mass is 419 g/mol. The molecule has 0 unspecified atom stereocenters. The van der Waals surface area contributed by atoms with Crippen molar-refractivity contribution >= 4 is 52.9 Å². The summed E-state index contributed by atoms with van der Waals surface area (Å²) in [5, 5.41) is 9.40. The third kappa shape index (κ3) is 4.52. The molecule has 0 aliphatic heterocycles. The average molecular weight is 420 g/mol. The van der Waals surface area contributed by atoms with Gasteiger partial charge in [0.2, 0.25) is 5.95 Å². The van der Waals surface area contributed by atoms with Gasteiger partial charge in [-0.1, -0.05) is 23.7 Å². The predicted octanol–water partition coefficient (Wildman–Crippen LogP) is 5.40. The molecule has 0 radical (unpaired) electrons. The molecule has 0 spiro atoms. The van der Waals surface area contributed by atoms with E-state index in [0.717, 1.165) is 6.07 Å². The van der Waals surface area contributed by atoms with Crippen LogP contribution in [0.2, 0.25) is 5.02 Å². The van der Waals surface area contributed by atoms with E-state index < -0.39 is 13.0 Å². The first kappa shape index (κ1) is 19.9. The van der Waals surface area contributed by atoms with Crippen LogP contribution in [0.1, 0.15) is 0 Å². The fourth-order valence-electron chi connectivity index (χ4n) is 2.48. The number of hydrogen-bond acceptors (Lipinski definition) is 7. The number of halogens is 2. The molecule has 2 N–H and O–H groups in total. The first-order chi connectivity index (χ1) is 13.3. The Hall–Kier alpha value is -2.83. The van der Waals surface area contributed by atoms with Crippen molar-refractivity contribution < 1.29 is 8.96 Å². The van der Waals surface area contributed by atoms with E-state index in [0.29, 0.717) is 11.0 Å². The van der Waals surface area contributed by atoms with E-state index in [-0.39, 0.29) is 28.2 Å². The molecule has 0 aliphatic rings. The number of nitroso groups, excluding NO2 is 1. The van der Waals surface area contributed by atoms with Crippen molar-refractivity contribution in [1.29, 1.82) is 0 Å². The Morgan fingerprint density at radius 3 is 2.57 bits per heavy atom. The third-order valence-corrected chi connectivity index (χ3v) is 5.61. The van der Waals surface area contributed by atoms with Crippen LogP contribution in [-0.4, -0.2) is 23.3 Å². The Labute approximate surface area is 165 Å². The second-order valence-electron chi connectivity index (χ2n) is 6.26. The summed E-state index contributed by atoms with van der Waals surface area (Å²) < 4.78 is 26.5. The largest absolute Gasteiger partial charge is 0.338 e. The average Bonchev–Trinajstić information content (AvgIpc) is 2.66. The van der Waals surface area contributed by atoms with Crippen LogP contribution in [0.4, 0.5) is 33.2 Å². The molecule has 0 atom stereocenters. The van der Waals surface area contributed by atoms with Crippen molar-refractivity contribution in [3.8, 4) is 0 Å². The highest BCUT2D eigenvalue weighted by Crippen LogP contribution is 2.38. The van der Waals surface area contributed by atoms with Crippen molar-refractivity contribution in [2.45, 2.75) is 0 Å². The van der Waals surface area contributed by atoms with Crippen molar-refractivity contribution in [3.05, 3.63) is 64.4 Å². The molecule has 1 aromatic heterocycles. The Morgan fingerprint density at radius 1 is 1.11 bits per heavy atom. The molecule has 0 bridgehead atoms. The lowest BCUT2D eigenvalue weighted by molar-refractivity contribution is 0.588. The molecule has 10 heteroatoms. The number of para-hydroxylation sites is 1. The summed E-state index contributed by atoms with van der Waals surface area (Å²) in [6, 6.07) is 10.7. The lowest BCUT2D eigenvalue weighted by atomic mass is 10.2. The number of anilines is 4. The van der Waals surface area contributed by atoms with E-state index in [1.54, 1.807) is 37.6 Å². The number of aromatic nitrogens is 2. The van der Waals surface area contributed by atoms with Gasteiger partial charge in [-0.15, -0.1) is 4.91 Å². The molecule has 7 nitrogen and oxygen atoms in total. The van der Waals surface area contributed by atoms with Gasteiger partial charge in [0.15, 0.2) is 5.82 Å². The Bertz CT molecular complexity index is 1090. The maximum atomic E-state index is 14.0. The minimum absolute atomic E-state index is 0.00242. The van der Waals surface area contributed by atoms with Gasteiger partial charge >= 0.3 is 0 Å². The minimum Gasteiger partial charge on any atom is -0.338 e. The molecular formula is C18H16ClFN5O2P. The summed E-state index contributed by atoms with van der Waals surface area (Å²) in [7, 11) is -2.54. The standard InChI is InChI=1S/C18H16ClFN5O2P/c1-28(2,27)16-6-4-3-5-14(16)22-17-12(19)10-21-18(24-17)23-15-9-11(25-26)7-8-13(15)20/h3-10H,1-2H3,(H2,21,22,23,24). The number of hydrogen-bond donors (Lipinski definition) is 2. The molecular weight excluding hydrogens is 404 g/mol. The summed E-state index contributed by atoms with van der Waals surface area (Å²) in [5.41, 5.74) is 0.657. The Balaban J connectivity index is 1.94. The molecule has 1 heterocycles. The normalized spacial score (nSPS) is 11.1. The first-order valence-corrected chi connectivity index (χ1v) is 11.1. The van der Waals surface area contributed by atoms with Crippen molar-refractivity contribution in [2.24, 2.45) is 5.18 Å². The maximum absolute atomic E-state index is 14.0. The zero-order valence-electron chi connectivity index (χ0n) is 15.0. The van der Waals surface area contributed by atoms with Crippen LogP contribution in [0.5, 0.6) is 0 Å². The number of benzene rings is 2. The third-order valence-electron chi connectivity index (χ3n) is 3.78. The molecule has 0 saturated heterocycles. The van der Waals surface area contributed by atoms with Gasteiger partial charge in [-0.05, 0) is 48.8 Å². The number of nitrogens with zero attached hydrogens (tertiary/aromatic N) is 3. The van der Waals surface area contributed by atoms with Crippen LogP contribution >= 0.6 is 18.7 Å². The topological polar surface area (TPSA) is 96.3 Å². The van der Waals surface area contributed by atoms with Crippen LogP contribution in [0.25, 0.3) is 0 Å². The molecule has 28 heavy (non-hydrogen) atoms. The molecule has 0 amide bonds. The van der Waals surface area contributed by atoms with Crippen LogP contribution in [-0.2, 0) is 4.57 Å². The predicted molar refractivity (Wildman–Crippen MR) is 111 cm³/mol. The van der Waals surface area contributed by atoms with E-state index in [1.807, 2.05) is 0 Å². The zero-order valence-corrected chi connectivity index (χ0v) is 16.6. The quantitative estimate of drug-likeness (QED) is 0.410. The molecule has 144 valence electrons. The van der Waals surface area contributed by atoms with Crippen LogP contribution < -0.4 is 15.9 Å². The van der Waals surface area contributed by atoms with Gasteiger partial charge in [0, 0.05) is 5.30 Å². The molecule has 0 saturated carbocycles. The lowest BCUT2D eigenvalue weighted by Crippen LogP contribution is -2.11. The maximum Gasteiger partial charge on any atom is 0.229 e. The molecule has 3 aromatic rings.